The molecule has 1 heterocycles. The van der Waals surface area contributed by atoms with Crippen molar-refractivity contribution in [3.8, 4) is 0 Å². The van der Waals surface area contributed by atoms with Crippen molar-refractivity contribution >= 4 is 11.9 Å². The molecule has 8 nitrogen and oxygen atoms in total. The van der Waals surface area contributed by atoms with Gasteiger partial charge in [-0.15, -0.1) is 0 Å². The van der Waals surface area contributed by atoms with Crippen LogP contribution in [0.5, 0.6) is 0 Å². The summed E-state index contributed by atoms with van der Waals surface area (Å²) >= 11 is 0. The Morgan fingerprint density at radius 3 is 2.27 bits per heavy atom. The predicted molar refractivity (Wildman–Crippen MR) is 88.9 cm³/mol. The van der Waals surface area contributed by atoms with E-state index in [0.29, 0.717) is 6.61 Å². The molecule has 8 heteroatoms. The van der Waals surface area contributed by atoms with Crippen LogP contribution in [0.15, 0.2) is 30.3 Å². The Morgan fingerprint density at radius 2 is 1.69 bits per heavy atom. The van der Waals surface area contributed by atoms with E-state index in [1.807, 2.05) is 30.3 Å². The first-order valence-corrected chi connectivity index (χ1v) is 8.24. The fourth-order valence-corrected chi connectivity index (χ4v) is 2.73. The van der Waals surface area contributed by atoms with E-state index in [1.54, 1.807) is 0 Å². The molecule has 0 aromatic heterocycles. The number of rotatable bonds is 7. The second kappa shape index (κ2) is 9.63. The molecular weight excluding hydrogens is 344 g/mol. The van der Waals surface area contributed by atoms with Gasteiger partial charge in [0.1, 0.15) is 12.2 Å². The van der Waals surface area contributed by atoms with E-state index < -0.39 is 42.6 Å². The molecule has 0 saturated carbocycles. The van der Waals surface area contributed by atoms with Gasteiger partial charge in [0.25, 0.3) is 0 Å². The first-order valence-electron chi connectivity index (χ1n) is 8.24. The van der Waals surface area contributed by atoms with Crippen molar-refractivity contribution in [3.05, 3.63) is 35.9 Å². The number of aliphatic hydroxyl groups excluding tert-OH is 1. The summed E-state index contributed by atoms with van der Waals surface area (Å²) in [4.78, 5) is 22.7. The van der Waals surface area contributed by atoms with E-state index in [-0.39, 0.29) is 6.61 Å². The molecule has 5 atom stereocenters. The maximum Gasteiger partial charge on any atom is 0.303 e. The molecule has 1 aliphatic heterocycles. The van der Waals surface area contributed by atoms with Gasteiger partial charge in [-0.25, -0.2) is 0 Å². The van der Waals surface area contributed by atoms with Crippen molar-refractivity contribution in [3.63, 3.8) is 0 Å². The zero-order valence-corrected chi connectivity index (χ0v) is 15.0. The molecule has 1 aromatic rings. The monoisotopic (exact) mass is 368 g/mol. The average Bonchev–Trinajstić information content (AvgIpc) is 2.60. The lowest BCUT2D eigenvalue weighted by atomic mass is 9.98. The van der Waals surface area contributed by atoms with Crippen LogP contribution in [-0.2, 0) is 39.9 Å². The molecule has 1 fully saturated rings. The van der Waals surface area contributed by atoms with Crippen molar-refractivity contribution in [2.24, 2.45) is 0 Å². The van der Waals surface area contributed by atoms with Gasteiger partial charge in [0.2, 0.25) is 0 Å². The minimum Gasteiger partial charge on any atom is -0.455 e. The second-order valence-corrected chi connectivity index (χ2v) is 5.92. The first kappa shape index (κ1) is 20.3. The highest BCUT2D eigenvalue weighted by atomic mass is 16.7. The summed E-state index contributed by atoms with van der Waals surface area (Å²) in [5, 5.41) is 10.5. The van der Waals surface area contributed by atoms with E-state index >= 15 is 0 Å². The van der Waals surface area contributed by atoms with Crippen molar-refractivity contribution in [2.45, 2.75) is 51.2 Å². The van der Waals surface area contributed by atoms with Gasteiger partial charge in [0, 0.05) is 21.0 Å². The number of benzene rings is 1. The Morgan fingerprint density at radius 1 is 1.08 bits per heavy atom. The fraction of sp³-hybridized carbons (Fsp3) is 0.556. The molecule has 0 amide bonds. The highest BCUT2D eigenvalue weighted by molar-refractivity contribution is 5.67. The Kier molecular flexibility index (Phi) is 7.52. The van der Waals surface area contributed by atoms with Crippen molar-refractivity contribution in [1.29, 1.82) is 0 Å². The minimum absolute atomic E-state index is 0.0421. The summed E-state index contributed by atoms with van der Waals surface area (Å²) in [6, 6.07) is 9.51. The van der Waals surface area contributed by atoms with Crippen LogP contribution in [0.4, 0.5) is 0 Å². The molecule has 144 valence electrons. The quantitative estimate of drug-likeness (QED) is 0.706. The third-order valence-corrected chi connectivity index (χ3v) is 3.85. The van der Waals surface area contributed by atoms with Gasteiger partial charge in [-0.05, 0) is 5.56 Å². The number of hydrogen-bond donors (Lipinski definition) is 1. The minimum atomic E-state index is -1.24. The van der Waals surface area contributed by atoms with Crippen molar-refractivity contribution < 1.29 is 38.4 Å². The first-order chi connectivity index (χ1) is 12.4. The van der Waals surface area contributed by atoms with Crippen LogP contribution in [0.1, 0.15) is 19.4 Å². The van der Waals surface area contributed by atoms with Crippen LogP contribution < -0.4 is 0 Å². The number of carbonyl (C=O) groups excluding carboxylic acids is 2. The van der Waals surface area contributed by atoms with E-state index in [1.165, 1.54) is 21.0 Å². The Balaban J connectivity index is 2.05. The van der Waals surface area contributed by atoms with Gasteiger partial charge in [-0.3, -0.25) is 9.59 Å². The highest BCUT2D eigenvalue weighted by Gasteiger charge is 2.49. The van der Waals surface area contributed by atoms with Crippen LogP contribution in [0.2, 0.25) is 0 Å². The number of esters is 2. The standard InChI is InChI=1S/C18H24O8/c1-11(19)24-16-15(21)14(10-23-9-13-7-5-4-6-8-13)26-18(22-3)17(16)25-12(2)20/h4-8,14-18,21H,9-10H2,1-3H3/t14?,15-,16+,17+,18+/m1/s1. The molecule has 1 aliphatic rings. The second-order valence-electron chi connectivity index (χ2n) is 5.92. The predicted octanol–water partition coefficient (Wildman–Crippen LogP) is 0.799. The smallest absolute Gasteiger partial charge is 0.303 e. The largest absolute Gasteiger partial charge is 0.455 e. The summed E-state index contributed by atoms with van der Waals surface area (Å²) in [5.74, 6) is -1.23. The van der Waals surface area contributed by atoms with Crippen LogP contribution in [0.25, 0.3) is 0 Å². The molecule has 0 radical (unpaired) electrons. The lowest BCUT2D eigenvalue weighted by Crippen LogP contribution is -2.61. The van der Waals surface area contributed by atoms with Crippen LogP contribution in [-0.4, -0.2) is 61.5 Å². The maximum absolute atomic E-state index is 11.4. The van der Waals surface area contributed by atoms with Gasteiger partial charge in [0.15, 0.2) is 18.5 Å². The summed E-state index contributed by atoms with van der Waals surface area (Å²) in [5.41, 5.74) is 0.968. The van der Waals surface area contributed by atoms with Crippen LogP contribution >= 0.6 is 0 Å². The zero-order chi connectivity index (χ0) is 19.1. The molecule has 1 N–H and O–H groups in total. The summed E-state index contributed by atoms with van der Waals surface area (Å²) in [7, 11) is 1.37. The number of carbonyl (C=O) groups is 2. The van der Waals surface area contributed by atoms with Crippen LogP contribution in [0.3, 0.4) is 0 Å². The summed E-state index contributed by atoms with van der Waals surface area (Å²) in [6.45, 7) is 2.78. The molecule has 26 heavy (non-hydrogen) atoms. The number of ether oxygens (including phenoxy) is 5. The third kappa shape index (κ3) is 5.50. The Bertz CT molecular complexity index is 590. The lowest BCUT2D eigenvalue weighted by Gasteiger charge is -2.42. The Hall–Kier alpha value is -2.00. The molecule has 1 unspecified atom stereocenters. The Labute approximate surface area is 151 Å². The van der Waals surface area contributed by atoms with Crippen molar-refractivity contribution in [2.75, 3.05) is 13.7 Å². The number of aliphatic hydroxyl groups is 1. The van der Waals surface area contributed by atoms with Crippen molar-refractivity contribution in [1.82, 2.24) is 0 Å². The maximum atomic E-state index is 11.4. The molecule has 1 aromatic carbocycles. The highest BCUT2D eigenvalue weighted by Crippen LogP contribution is 2.27. The molecule has 0 aliphatic carbocycles. The average molecular weight is 368 g/mol. The third-order valence-electron chi connectivity index (χ3n) is 3.85. The lowest BCUT2D eigenvalue weighted by molar-refractivity contribution is -0.302. The van der Waals surface area contributed by atoms with E-state index in [9.17, 15) is 14.7 Å². The van der Waals surface area contributed by atoms with E-state index in [4.69, 9.17) is 23.7 Å². The van der Waals surface area contributed by atoms with Gasteiger partial charge < -0.3 is 28.8 Å². The normalized spacial score (nSPS) is 28.4. The zero-order valence-electron chi connectivity index (χ0n) is 15.0. The fourth-order valence-electron chi connectivity index (χ4n) is 2.73. The van der Waals surface area contributed by atoms with E-state index in [2.05, 4.69) is 0 Å². The molecule has 2 rings (SSSR count). The van der Waals surface area contributed by atoms with Crippen LogP contribution in [0, 0.1) is 0 Å². The number of hydrogen-bond acceptors (Lipinski definition) is 8. The van der Waals surface area contributed by atoms with Gasteiger partial charge >= 0.3 is 11.9 Å². The van der Waals surface area contributed by atoms with E-state index in [0.717, 1.165) is 5.56 Å². The molecular formula is C18H24O8. The van der Waals surface area contributed by atoms with Gasteiger partial charge in [-0.2, -0.15) is 0 Å². The molecule has 0 spiro atoms. The topological polar surface area (TPSA) is 101 Å². The number of methoxy groups -OCH3 is 1. The molecule has 1 saturated heterocycles. The summed E-state index contributed by atoms with van der Waals surface area (Å²) in [6.07, 6.45) is -5.27. The summed E-state index contributed by atoms with van der Waals surface area (Å²) < 4.78 is 26.7. The van der Waals surface area contributed by atoms with Gasteiger partial charge in [-0.1, -0.05) is 30.3 Å². The van der Waals surface area contributed by atoms with Gasteiger partial charge in [0.05, 0.1) is 13.2 Å². The molecule has 0 bridgehead atoms. The SMILES string of the molecule is CO[C@H]1OC(COCc2ccccc2)[C@@H](O)[C@H](OC(C)=O)[C@@H]1OC(C)=O.